The van der Waals surface area contributed by atoms with Crippen LogP contribution in [0, 0.1) is 0 Å². The summed E-state index contributed by atoms with van der Waals surface area (Å²) in [5.74, 6) is -1.78. The van der Waals surface area contributed by atoms with Crippen LogP contribution in [0.5, 0.6) is 5.75 Å². The Morgan fingerprint density at radius 3 is 2.14 bits per heavy atom. The Balaban J connectivity index is 1.90. The summed E-state index contributed by atoms with van der Waals surface area (Å²) >= 11 is 12.7. The number of ether oxygens (including phenoxy) is 2. The fraction of sp³-hybridized carbons (Fsp3) is 0.208. The third-order valence-corrected chi connectivity index (χ3v) is 6.78. The molecule has 1 N–H and O–H groups in total. The molecule has 0 saturated heterocycles. The molecular formula is C24H20Cl2F3NO5S. The summed E-state index contributed by atoms with van der Waals surface area (Å²) in [5, 5.41) is 2.63. The van der Waals surface area contributed by atoms with Gasteiger partial charge in [0.2, 0.25) is 5.91 Å². The highest BCUT2D eigenvalue weighted by atomic mass is 35.5. The van der Waals surface area contributed by atoms with Crippen LogP contribution in [-0.2, 0) is 19.4 Å². The number of halogens is 5. The molecule has 3 aromatic rings. The highest BCUT2D eigenvalue weighted by molar-refractivity contribution is 7.90. The van der Waals surface area contributed by atoms with E-state index < -0.39 is 33.8 Å². The van der Waals surface area contributed by atoms with Gasteiger partial charge in [-0.3, -0.25) is 4.79 Å². The molecule has 0 spiro atoms. The molecule has 0 heterocycles. The molecule has 0 aliphatic rings. The fourth-order valence-corrected chi connectivity index (χ4v) is 4.78. The average molecular weight is 562 g/mol. The molecule has 1 amide bonds. The van der Waals surface area contributed by atoms with Crippen molar-refractivity contribution in [3.05, 3.63) is 76.3 Å². The number of methoxy groups -OCH3 is 1. The maximum Gasteiger partial charge on any atom is 0.573 e. The lowest BCUT2D eigenvalue weighted by Crippen LogP contribution is -2.24. The van der Waals surface area contributed by atoms with Crippen molar-refractivity contribution >= 4 is 44.6 Å². The second-order valence-corrected chi connectivity index (χ2v) is 10.5. The number of sulfone groups is 1. The van der Waals surface area contributed by atoms with E-state index in [9.17, 15) is 26.4 Å². The Labute approximate surface area is 215 Å². The van der Waals surface area contributed by atoms with Crippen molar-refractivity contribution in [1.82, 2.24) is 0 Å². The normalized spacial score (nSPS) is 12.8. The van der Waals surface area contributed by atoms with Crippen LogP contribution in [-0.4, -0.2) is 40.7 Å². The molecule has 0 fully saturated rings. The number of carbonyl (C=O) groups is 1. The molecule has 3 aromatic carbocycles. The van der Waals surface area contributed by atoms with E-state index in [0.717, 1.165) is 12.3 Å². The third-order valence-electron chi connectivity index (χ3n) is 5.05. The number of carbonyl (C=O) groups excluding carboxylic acids is 1. The molecule has 0 aliphatic carbocycles. The number of nitrogens with one attached hydrogen (secondary N) is 1. The maximum absolute atomic E-state index is 13.0. The minimum Gasteiger partial charge on any atom is -0.405 e. The highest BCUT2D eigenvalue weighted by Crippen LogP contribution is 2.42. The summed E-state index contributed by atoms with van der Waals surface area (Å²) in [6.45, 7) is -0.00818. The Morgan fingerprint density at radius 1 is 1.03 bits per heavy atom. The first-order chi connectivity index (χ1) is 16.8. The lowest BCUT2D eigenvalue weighted by molar-refractivity contribution is -0.274. The number of alkyl halides is 3. The summed E-state index contributed by atoms with van der Waals surface area (Å²) in [6, 6.07) is 13.9. The molecule has 0 unspecified atom stereocenters. The van der Waals surface area contributed by atoms with Gasteiger partial charge in [0.25, 0.3) is 0 Å². The second-order valence-electron chi connectivity index (χ2n) is 7.70. The molecule has 3 rings (SSSR count). The molecule has 6 nitrogen and oxygen atoms in total. The smallest absolute Gasteiger partial charge is 0.405 e. The topological polar surface area (TPSA) is 81.7 Å². The number of para-hydroxylation sites is 1. The van der Waals surface area contributed by atoms with Gasteiger partial charge in [0, 0.05) is 30.2 Å². The van der Waals surface area contributed by atoms with Crippen molar-refractivity contribution in [2.75, 3.05) is 25.3 Å². The predicted molar refractivity (Wildman–Crippen MR) is 131 cm³/mol. The monoisotopic (exact) mass is 561 g/mol. The second kappa shape index (κ2) is 11.1. The van der Waals surface area contributed by atoms with Gasteiger partial charge < -0.3 is 14.8 Å². The quantitative estimate of drug-likeness (QED) is 0.347. The zero-order chi connectivity index (χ0) is 26.7. The number of amides is 1. The van der Waals surface area contributed by atoms with Crippen LogP contribution in [0.15, 0.2) is 65.6 Å². The Morgan fingerprint density at radius 2 is 1.61 bits per heavy atom. The van der Waals surface area contributed by atoms with Crippen LogP contribution in [0.2, 0.25) is 10.0 Å². The van der Waals surface area contributed by atoms with Gasteiger partial charge >= 0.3 is 6.36 Å². The lowest BCUT2D eigenvalue weighted by atomic mass is 9.98. The molecule has 36 heavy (non-hydrogen) atoms. The van der Waals surface area contributed by atoms with Crippen LogP contribution in [0.4, 0.5) is 18.9 Å². The third kappa shape index (κ3) is 6.91. The number of anilines is 1. The summed E-state index contributed by atoms with van der Waals surface area (Å²) in [5.41, 5.74) is 0.822. The number of rotatable bonds is 8. The molecule has 1 atom stereocenters. The SMILES string of the molecule is COC[C@H](C(=O)Nc1cc(Cl)c(-c2ccccc2OC(F)(F)F)c(Cl)c1)c1ccc(S(C)(=O)=O)cc1. The minimum atomic E-state index is -4.92. The maximum atomic E-state index is 13.0. The first-order valence-corrected chi connectivity index (χ1v) is 12.9. The van der Waals surface area contributed by atoms with Gasteiger partial charge in [-0.1, -0.05) is 53.5 Å². The first-order valence-electron chi connectivity index (χ1n) is 10.2. The number of hydrogen-bond acceptors (Lipinski definition) is 5. The standard InChI is InChI=1S/C24H20Cl2F3NO5S/c1-34-13-18(14-7-9-16(10-8-14)36(2,32)33)23(31)30-15-11-19(25)22(20(26)12-15)17-5-3-4-6-21(17)35-24(27,28)29/h3-12,18H,13H2,1-2H3,(H,30,31)/t18-/m0/s1. The molecule has 0 aliphatic heterocycles. The molecule has 0 aromatic heterocycles. The van der Waals surface area contributed by atoms with E-state index >= 15 is 0 Å². The largest absolute Gasteiger partial charge is 0.573 e. The van der Waals surface area contributed by atoms with E-state index in [1.165, 1.54) is 61.7 Å². The molecule has 12 heteroatoms. The van der Waals surface area contributed by atoms with Crippen LogP contribution in [0.1, 0.15) is 11.5 Å². The van der Waals surface area contributed by atoms with Crippen molar-refractivity contribution in [3.63, 3.8) is 0 Å². The zero-order valence-corrected chi connectivity index (χ0v) is 21.2. The number of benzene rings is 3. The van der Waals surface area contributed by atoms with Crippen LogP contribution in [0.25, 0.3) is 11.1 Å². The highest BCUT2D eigenvalue weighted by Gasteiger charge is 2.32. The van der Waals surface area contributed by atoms with Crippen molar-refractivity contribution in [2.45, 2.75) is 17.2 Å². The minimum absolute atomic E-state index is 0.00818. The Hall–Kier alpha value is -2.79. The van der Waals surface area contributed by atoms with E-state index in [1.807, 2.05) is 0 Å². The van der Waals surface area contributed by atoms with Crippen LogP contribution in [0.3, 0.4) is 0 Å². The van der Waals surface area contributed by atoms with Gasteiger partial charge in [0.1, 0.15) is 5.75 Å². The summed E-state index contributed by atoms with van der Waals surface area (Å²) in [4.78, 5) is 13.1. The number of hydrogen-bond donors (Lipinski definition) is 1. The Kier molecular flexibility index (Phi) is 8.55. The van der Waals surface area contributed by atoms with Crippen LogP contribution < -0.4 is 10.1 Å². The molecule has 0 saturated carbocycles. The molecule has 0 bridgehead atoms. The molecule has 192 valence electrons. The van der Waals surface area contributed by atoms with E-state index in [-0.39, 0.29) is 38.4 Å². The average Bonchev–Trinajstić information content (AvgIpc) is 2.76. The van der Waals surface area contributed by atoms with Gasteiger partial charge in [-0.15, -0.1) is 13.2 Å². The van der Waals surface area contributed by atoms with Crippen molar-refractivity contribution in [1.29, 1.82) is 0 Å². The van der Waals surface area contributed by atoms with Gasteiger partial charge in [-0.05, 0) is 35.9 Å². The predicted octanol–water partition coefficient (Wildman–Crippen LogP) is 6.33. The van der Waals surface area contributed by atoms with Gasteiger partial charge in [0.15, 0.2) is 9.84 Å². The van der Waals surface area contributed by atoms with Crippen molar-refractivity contribution in [3.8, 4) is 16.9 Å². The summed E-state index contributed by atoms with van der Waals surface area (Å²) in [7, 11) is -2.00. The van der Waals surface area contributed by atoms with E-state index in [1.54, 1.807) is 0 Å². The summed E-state index contributed by atoms with van der Waals surface area (Å²) in [6.07, 6.45) is -3.84. The van der Waals surface area contributed by atoms with Gasteiger partial charge in [-0.2, -0.15) is 0 Å². The van der Waals surface area contributed by atoms with E-state index in [0.29, 0.717) is 5.56 Å². The lowest BCUT2D eigenvalue weighted by Gasteiger charge is -2.19. The molecule has 0 radical (unpaired) electrons. The van der Waals surface area contributed by atoms with Crippen molar-refractivity contribution in [2.24, 2.45) is 0 Å². The van der Waals surface area contributed by atoms with Gasteiger partial charge in [-0.25, -0.2) is 8.42 Å². The van der Waals surface area contributed by atoms with Crippen LogP contribution >= 0.6 is 23.2 Å². The molecular weight excluding hydrogens is 542 g/mol. The van der Waals surface area contributed by atoms with E-state index in [2.05, 4.69) is 10.1 Å². The zero-order valence-electron chi connectivity index (χ0n) is 18.9. The van der Waals surface area contributed by atoms with Gasteiger partial charge in [0.05, 0.1) is 27.5 Å². The first kappa shape index (κ1) is 27.8. The Bertz CT molecular complexity index is 1340. The van der Waals surface area contributed by atoms with E-state index in [4.69, 9.17) is 27.9 Å². The fourth-order valence-electron chi connectivity index (χ4n) is 3.46. The van der Waals surface area contributed by atoms with Crippen molar-refractivity contribution < 1.29 is 35.9 Å². The summed E-state index contributed by atoms with van der Waals surface area (Å²) < 4.78 is 71.1.